The number of hydrogen-bond donors (Lipinski definition) is 0. The Morgan fingerprint density at radius 1 is 1.32 bits per heavy atom. The molecular formula is C15H13BrN2O. The van der Waals surface area contributed by atoms with E-state index in [9.17, 15) is 0 Å². The minimum Gasteiger partial charge on any atom is -0.454 e. The SMILES string of the molecule is CCCc1cc(Br)ccc1Oc1cccnc1C#N. The normalized spacial score (nSPS) is 9.95. The van der Waals surface area contributed by atoms with E-state index in [1.54, 1.807) is 18.3 Å². The van der Waals surface area contributed by atoms with Gasteiger partial charge in [-0.3, -0.25) is 0 Å². The maximum absolute atomic E-state index is 9.01. The number of nitriles is 1. The third-order valence-corrected chi connectivity index (χ3v) is 3.13. The number of pyridine rings is 1. The van der Waals surface area contributed by atoms with Crippen molar-refractivity contribution in [3.05, 3.63) is 52.3 Å². The molecule has 0 aliphatic rings. The van der Waals surface area contributed by atoms with Crippen LogP contribution in [0.1, 0.15) is 24.6 Å². The number of ether oxygens (including phenoxy) is 1. The molecule has 4 heteroatoms. The summed E-state index contributed by atoms with van der Waals surface area (Å²) in [5.41, 5.74) is 1.41. The van der Waals surface area contributed by atoms with E-state index >= 15 is 0 Å². The lowest BCUT2D eigenvalue weighted by atomic mass is 10.1. The molecule has 1 aromatic heterocycles. The van der Waals surface area contributed by atoms with Gasteiger partial charge in [0, 0.05) is 10.7 Å². The van der Waals surface area contributed by atoms with Crippen molar-refractivity contribution >= 4 is 15.9 Å². The first kappa shape index (κ1) is 13.6. The highest BCUT2D eigenvalue weighted by molar-refractivity contribution is 9.10. The first-order valence-electron chi connectivity index (χ1n) is 6.06. The maximum atomic E-state index is 9.01. The van der Waals surface area contributed by atoms with Gasteiger partial charge in [0.15, 0.2) is 11.4 Å². The van der Waals surface area contributed by atoms with Crippen molar-refractivity contribution in [2.75, 3.05) is 0 Å². The van der Waals surface area contributed by atoms with E-state index in [2.05, 4.69) is 27.8 Å². The highest BCUT2D eigenvalue weighted by Gasteiger charge is 2.09. The van der Waals surface area contributed by atoms with Crippen LogP contribution >= 0.6 is 15.9 Å². The minimum absolute atomic E-state index is 0.299. The molecule has 0 unspecified atom stereocenters. The van der Waals surface area contributed by atoms with Gasteiger partial charge in [-0.15, -0.1) is 0 Å². The molecule has 0 saturated carbocycles. The Bertz CT molecular complexity index is 620. The Kier molecular flexibility index (Phi) is 4.53. The molecule has 0 atom stereocenters. The largest absolute Gasteiger partial charge is 0.454 e. The molecule has 1 heterocycles. The zero-order chi connectivity index (χ0) is 13.7. The molecule has 0 spiro atoms. The van der Waals surface area contributed by atoms with Crippen LogP contribution in [0.2, 0.25) is 0 Å². The van der Waals surface area contributed by atoms with Crippen molar-refractivity contribution in [3.63, 3.8) is 0 Å². The molecule has 2 aromatic rings. The first-order chi connectivity index (χ1) is 9.24. The topological polar surface area (TPSA) is 45.9 Å². The summed E-state index contributed by atoms with van der Waals surface area (Å²) >= 11 is 3.46. The summed E-state index contributed by atoms with van der Waals surface area (Å²) in [6.45, 7) is 2.12. The Labute approximate surface area is 121 Å². The Morgan fingerprint density at radius 3 is 2.89 bits per heavy atom. The quantitative estimate of drug-likeness (QED) is 0.836. The summed E-state index contributed by atoms with van der Waals surface area (Å²) in [4.78, 5) is 3.99. The molecule has 0 aliphatic carbocycles. The van der Waals surface area contributed by atoms with Crippen LogP contribution in [0.25, 0.3) is 0 Å². The van der Waals surface area contributed by atoms with Crippen LogP contribution in [0, 0.1) is 11.3 Å². The number of aryl methyl sites for hydroxylation is 1. The second-order valence-electron chi connectivity index (χ2n) is 4.07. The summed E-state index contributed by atoms with van der Waals surface area (Å²) in [7, 11) is 0. The smallest absolute Gasteiger partial charge is 0.183 e. The lowest BCUT2D eigenvalue weighted by Gasteiger charge is -2.11. The van der Waals surface area contributed by atoms with Crippen LogP contribution in [-0.4, -0.2) is 4.98 Å². The lowest BCUT2D eigenvalue weighted by molar-refractivity contribution is 0.471. The van der Waals surface area contributed by atoms with Crippen LogP contribution in [0.4, 0.5) is 0 Å². The fraction of sp³-hybridized carbons (Fsp3) is 0.200. The average molecular weight is 317 g/mol. The van der Waals surface area contributed by atoms with Gasteiger partial charge in [-0.05, 0) is 42.3 Å². The molecule has 3 nitrogen and oxygen atoms in total. The summed E-state index contributed by atoms with van der Waals surface area (Å²) in [5, 5.41) is 9.01. The number of benzene rings is 1. The van der Waals surface area contributed by atoms with Gasteiger partial charge in [0.25, 0.3) is 0 Å². The van der Waals surface area contributed by atoms with Crippen molar-refractivity contribution in [1.29, 1.82) is 5.26 Å². The lowest BCUT2D eigenvalue weighted by Crippen LogP contribution is -1.95. The fourth-order valence-electron chi connectivity index (χ4n) is 1.79. The second kappa shape index (κ2) is 6.35. The van der Waals surface area contributed by atoms with E-state index in [1.165, 1.54) is 0 Å². The minimum atomic E-state index is 0.299. The Hall–Kier alpha value is -1.86. The van der Waals surface area contributed by atoms with Crippen LogP contribution in [0.5, 0.6) is 11.5 Å². The van der Waals surface area contributed by atoms with Gasteiger partial charge < -0.3 is 4.74 Å². The van der Waals surface area contributed by atoms with Crippen LogP contribution < -0.4 is 4.74 Å². The zero-order valence-corrected chi connectivity index (χ0v) is 12.1. The van der Waals surface area contributed by atoms with E-state index in [-0.39, 0.29) is 0 Å². The monoisotopic (exact) mass is 316 g/mol. The first-order valence-corrected chi connectivity index (χ1v) is 6.85. The van der Waals surface area contributed by atoms with E-state index in [0.717, 1.165) is 28.6 Å². The van der Waals surface area contributed by atoms with Crippen LogP contribution in [0.3, 0.4) is 0 Å². The van der Waals surface area contributed by atoms with Crippen LogP contribution in [0.15, 0.2) is 41.0 Å². The van der Waals surface area contributed by atoms with Crippen molar-refractivity contribution in [2.45, 2.75) is 19.8 Å². The number of halogens is 1. The fourth-order valence-corrected chi connectivity index (χ4v) is 2.20. The zero-order valence-electron chi connectivity index (χ0n) is 10.6. The molecule has 0 aliphatic heterocycles. The average Bonchev–Trinajstić information content (AvgIpc) is 2.43. The van der Waals surface area contributed by atoms with Gasteiger partial charge in [-0.1, -0.05) is 29.3 Å². The molecule has 0 saturated heterocycles. The summed E-state index contributed by atoms with van der Waals surface area (Å²) in [5.74, 6) is 1.26. The molecular weight excluding hydrogens is 304 g/mol. The van der Waals surface area contributed by atoms with Crippen molar-refractivity contribution < 1.29 is 4.74 Å². The Balaban J connectivity index is 2.35. The standard InChI is InChI=1S/C15H13BrN2O/c1-2-4-11-9-12(16)6-7-14(11)19-15-5-3-8-18-13(15)10-17/h3,5-9H,2,4H2,1H3. The summed E-state index contributed by atoms with van der Waals surface area (Å²) < 4.78 is 6.86. The molecule has 0 fully saturated rings. The predicted octanol–water partition coefficient (Wildman–Crippen LogP) is 4.46. The van der Waals surface area contributed by atoms with Gasteiger partial charge >= 0.3 is 0 Å². The maximum Gasteiger partial charge on any atom is 0.183 e. The third kappa shape index (κ3) is 3.33. The molecule has 0 amide bonds. The molecule has 0 N–H and O–H groups in total. The van der Waals surface area contributed by atoms with E-state index in [0.29, 0.717) is 11.4 Å². The number of aromatic nitrogens is 1. The third-order valence-electron chi connectivity index (χ3n) is 2.64. The summed E-state index contributed by atoms with van der Waals surface area (Å²) in [6.07, 6.45) is 3.54. The highest BCUT2D eigenvalue weighted by Crippen LogP contribution is 2.30. The second-order valence-corrected chi connectivity index (χ2v) is 4.98. The molecule has 0 radical (unpaired) electrons. The number of rotatable bonds is 4. The molecule has 96 valence electrons. The Morgan fingerprint density at radius 2 is 2.16 bits per heavy atom. The van der Waals surface area contributed by atoms with Crippen molar-refractivity contribution in [2.24, 2.45) is 0 Å². The van der Waals surface area contributed by atoms with Gasteiger partial charge in [0.05, 0.1) is 0 Å². The van der Waals surface area contributed by atoms with Crippen LogP contribution in [-0.2, 0) is 6.42 Å². The molecule has 19 heavy (non-hydrogen) atoms. The van der Waals surface area contributed by atoms with E-state index in [1.807, 2.05) is 24.3 Å². The van der Waals surface area contributed by atoms with Gasteiger partial charge in [-0.2, -0.15) is 5.26 Å². The highest BCUT2D eigenvalue weighted by atomic mass is 79.9. The molecule has 2 rings (SSSR count). The molecule has 0 bridgehead atoms. The predicted molar refractivity (Wildman–Crippen MR) is 77.2 cm³/mol. The van der Waals surface area contributed by atoms with Gasteiger partial charge in [-0.25, -0.2) is 4.98 Å². The summed E-state index contributed by atoms with van der Waals surface area (Å²) in [6, 6.07) is 11.4. The molecule has 1 aromatic carbocycles. The number of nitrogens with zero attached hydrogens (tertiary/aromatic N) is 2. The van der Waals surface area contributed by atoms with Crippen molar-refractivity contribution in [3.8, 4) is 17.6 Å². The van der Waals surface area contributed by atoms with E-state index in [4.69, 9.17) is 10.00 Å². The van der Waals surface area contributed by atoms with Crippen molar-refractivity contribution in [1.82, 2.24) is 4.98 Å². The van der Waals surface area contributed by atoms with E-state index < -0.39 is 0 Å². The van der Waals surface area contributed by atoms with Gasteiger partial charge in [0.2, 0.25) is 0 Å². The number of hydrogen-bond acceptors (Lipinski definition) is 3. The van der Waals surface area contributed by atoms with Gasteiger partial charge in [0.1, 0.15) is 11.8 Å².